The van der Waals surface area contributed by atoms with E-state index >= 15 is 0 Å². The van der Waals surface area contributed by atoms with E-state index in [4.69, 9.17) is 0 Å². The first-order valence-corrected chi connectivity index (χ1v) is 8.30. The molecular weight excluding hydrogens is 328 g/mol. The van der Waals surface area contributed by atoms with Crippen molar-refractivity contribution in [1.29, 1.82) is 0 Å². The van der Waals surface area contributed by atoms with Gasteiger partial charge in [-0.1, -0.05) is 54.2 Å². The highest BCUT2D eigenvalue weighted by molar-refractivity contribution is 7.99. The molecule has 122 valence electrons. The van der Waals surface area contributed by atoms with Gasteiger partial charge in [-0.05, 0) is 40.6 Å². The monoisotopic (exact) mass is 343 g/mol. The molecule has 0 spiro atoms. The van der Waals surface area contributed by atoms with E-state index in [1.807, 2.05) is 42.5 Å². The van der Waals surface area contributed by atoms with Crippen LogP contribution < -0.4 is 5.32 Å². The minimum Gasteiger partial charge on any atom is -0.326 e. The number of carbonyl (C=O) groups is 1. The van der Waals surface area contributed by atoms with Gasteiger partial charge in [0.2, 0.25) is 5.91 Å². The Hall–Kier alpha value is -2.40. The van der Waals surface area contributed by atoms with Crippen molar-refractivity contribution in [2.45, 2.75) is 17.1 Å². The van der Waals surface area contributed by atoms with Gasteiger partial charge in [-0.2, -0.15) is 8.78 Å². The minimum absolute atomic E-state index is 0.139. The molecule has 0 aliphatic heterocycles. The molecule has 0 aromatic heterocycles. The molecule has 0 fully saturated rings. The van der Waals surface area contributed by atoms with Crippen LogP contribution in [-0.4, -0.2) is 11.7 Å². The fourth-order valence-electron chi connectivity index (χ4n) is 2.46. The van der Waals surface area contributed by atoms with Crippen LogP contribution >= 0.6 is 11.8 Å². The van der Waals surface area contributed by atoms with Crippen LogP contribution in [0, 0.1) is 0 Å². The van der Waals surface area contributed by atoms with E-state index in [1.54, 1.807) is 24.3 Å². The number of alkyl halides is 2. The van der Waals surface area contributed by atoms with E-state index in [0.717, 1.165) is 16.3 Å². The van der Waals surface area contributed by atoms with Crippen molar-refractivity contribution in [3.8, 4) is 0 Å². The highest BCUT2D eigenvalue weighted by Gasteiger charge is 2.07. The quantitative estimate of drug-likeness (QED) is 0.634. The number of rotatable bonds is 5. The Bertz CT molecular complexity index is 849. The van der Waals surface area contributed by atoms with E-state index in [2.05, 4.69) is 5.32 Å². The number of halogens is 2. The molecule has 3 aromatic rings. The number of anilines is 1. The Balaban J connectivity index is 1.64. The summed E-state index contributed by atoms with van der Waals surface area (Å²) in [7, 11) is 0. The van der Waals surface area contributed by atoms with E-state index < -0.39 is 5.76 Å². The molecule has 3 rings (SSSR count). The third-order valence-electron chi connectivity index (χ3n) is 3.54. The summed E-state index contributed by atoms with van der Waals surface area (Å²) in [4.78, 5) is 12.6. The van der Waals surface area contributed by atoms with Crippen molar-refractivity contribution < 1.29 is 13.6 Å². The fourth-order valence-corrected chi connectivity index (χ4v) is 2.96. The zero-order chi connectivity index (χ0) is 16.9. The normalized spacial score (nSPS) is 11.0. The van der Waals surface area contributed by atoms with E-state index in [1.165, 1.54) is 0 Å². The topological polar surface area (TPSA) is 29.1 Å². The van der Waals surface area contributed by atoms with Crippen molar-refractivity contribution in [3.63, 3.8) is 0 Å². The Morgan fingerprint density at radius 2 is 1.67 bits per heavy atom. The lowest BCUT2D eigenvalue weighted by Crippen LogP contribution is -2.14. The second-order valence-electron chi connectivity index (χ2n) is 5.31. The molecule has 0 saturated heterocycles. The van der Waals surface area contributed by atoms with Gasteiger partial charge >= 0.3 is 0 Å². The lowest BCUT2D eigenvalue weighted by Gasteiger charge is -2.07. The van der Waals surface area contributed by atoms with Gasteiger partial charge in [-0.25, -0.2) is 0 Å². The lowest BCUT2D eigenvalue weighted by molar-refractivity contribution is -0.115. The number of fused-ring (bicyclic) bond motifs is 1. The summed E-state index contributed by atoms with van der Waals surface area (Å²) in [6, 6.07) is 20.3. The van der Waals surface area contributed by atoms with Crippen LogP contribution in [0.2, 0.25) is 0 Å². The van der Waals surface area contributed by atoms with Crippen molar-refractivity contribution in [2.24, 2.45) is 0 Å². The standard InChI is InChI=1S/C19H15F2NOS/c20-19(21)24-17-9-7-16(8-10-17)22-18(23)12-13-5-6-14-3-1-2-4-15(14)11-13/h1-11,19H,12H2,(H,22,23). The van der Waals surface area contributed by atoms with Crippen LogP contribution in [0.3, 0.4) is 0 Å². The number of nitrogens with one attached hydrogen (secondary N) is 1. The zero-order valence-electron chi connectivity index (χ0n) is 12.7. The second-order valence-corrected chi connectivity index (χ2v) is 6.37. The SMILES string of the molecule is O=C(Cc1ccc2ccccc2c1)Nc1ccc(SC(F)F)cc1. The molecule has 0 radical (unpaired) electrons. The largest absolute Gasteiger partial charge is 0.326 e. The summed E-state index contributed by atoms with van der Waals surface area (Å²) in [5, 5.41) is 5.01. The van der Waals surface area contributed by atoms with Gasteiger partial charge in [0, 0.05) is 10.6 Å². The molecule has 3 aromatic carbocycles. The van der Waals surface area contributed by atoms with E-state index in [0.29, 0.717) is 22.3 Å². The average Bonchev–Trinajstić information content (AvgIpc) is 2.56. The van der Waals surface area contributed by atoms with Crippen molar-refractivity contribution in [3.05, 3.63) is 72.3 Å². The first-order valence-electron chi connectivity index (χ1n) is 7.42. The van der Waals surface area contributed by atoms with Crippen LogP contribution in [0.25, 0.3) is 10.8 Å². The minimum atomic E-state index is -2.45. The Labute approximate surface area is 142 Å². The van der Waals surface area contributed by atoms with Gasteiger partial charge in [0.15, 0.2) is 0 Å². The van der Waals surface area contributed by atoms with Gasteiger partial charge < -0.3 is 5.32 Å². The van der Waals surface area contributed by atoms with E-state index in [9.17, 15) is 13.6 Å². The molecule has 5 heteroatoms. The fraction of sp³-hybridized carbons (Fsp3) is 0.105. The molecule has 0 saturated carbocycles. The highest BCUT2D eigenvalue weighted by Crippen LogP contribution is 2.26. The van der Waals surface area contributed by atoms with Crippen molar-refractivity contribution >= 4 is 34.1 Å². The van der Waals surface area contributed by atoms with Crippen LogP contribution in [0.5, 0.6) is 0 Å². The summed E-state index contributed by atoms with van der Waals surface area (Å²) < 4.78 is 24.6. The molecule has 0 unspecified atom stereocenters. The molecule has 1 amide bonds. The van der Waals surface area contributed by atoms with Gasteiger partial charge in [-0.3, -0.25) is 4.79 Å². The number of amides is 1. The van der Waals surface area contributed by atoms with Crippen LogP contribution in [0.1, 0.15) is 5.56 Å². The van der Waals surface area contributed by atoms with E-state index in [-0.39, 0.29) is 12.3 Å². The smallest absolute Gasteiger partial charge is 0.288 e. The van der Waals surface area contributed by atoms with Gasteiger partial charge in [-0.15, -0.1) is 0 Å². The van der Waals surface area contributed by atoms with Crippen molar-refractivity contribution in [1.82, 2.24) is 0 Å². The summed E-state index contributed by atoms with van der Waals surface area (Å²) in [6.07, 6.45) is 0.262. The van der Waals surface area contributed by atoms with Crippen LogP contribution in [0.4, 0.5) is 14.5 Å². The molecule has 0 atom stereocenters. The summed E-state index contributed by atoms with van der Waals surface area (Å²) in [6.45, 7) is 0. The predicted octanol–water partition coefficient (Wildman–Crippen LogP) is 5.34. The highest BCUT2D eigenvalue weighted by atomic mass is 32.2. The van der Waals surface area contributed by atoms with Gasteiger partial charge in [0.25, 0.3) is 5.76 Å². The third kappa shape index (κ3) is 4.32. The number of carbonyl (C=O) groups excluding carboxylic acids is 1. The molecule has 2 nitrogen and oxygen atoms in total. The van der Waals surface area contributed by atoms with Crippen molar-refractivity contribution in [2.75, 3.05) is 5.32 Å². The maximum atomic E-state index is 12.3. The Morgan fingerprint density at radius 1 is 0.958 bits per heavy atom. The van der Waals surface area contributed by atoms with Gasteiger partial charge in [0.05, 0.1) is 6.42 Å². The molecule has 24 heavy (non-hydrogen) atoms. The average molecular weight is 343 g/mol. The van der Waals surface area contributed by atoms with Crippen LogP contribution in [0.15, 0.2) is 71.6 Å². The Morgan fingerprint density at radius 3 is 2.38 bits per heavy atom. The molecular formula is C19H15F2NOS. The third-order valence-corrected chi connectivity index (χ3v) is 4.26. The summed E-state index contributed by atoms with van der Waals surface area (Å²) in [5.74, 6) is -2.59. The second kappa shape index (κ2) is 7.45. The summed E-state index contributed by atoms with van der Waals surface area (Å²) in [5.41, 5.74) is 1.52. The van der Waals surface area contributed by atoms with Gasteiger partial charge in [0.1, 0.15) is 0 Å². The molecule has 0 bridgehead atoms. The molecule has 0 heterocycles. The maximum Gasteiger partial charge on any atom is 0.288 e. The predicted molar refractivity (Wildman–Crippen MR) is 94.6 cm³/mol. The number of hydrogen-bond donors (Lipinski definition) is 1. The zero-order valence-corrected chi connectivity index (χ0v) is 13.5. The molecule has 1 N–H and O–H groups in total. The number of hydrogen-bond acceptors (Lipinski definition) is 2. The first kappa shape index (κ1) is 16.5. The number of benzene rings is 3. The Kier molecular flexibility index (Phi) is 5.11. The maximum absolute atomic E-state index is 12.3. The first-order chi connectivity index (χ1) is 11.6. The molecule has 0 aliphatic carbocycles. The van der Waals surface area contributed by atoms with Crippen LogP contribution in [-0.2, 0) is 11.2 Å². The number of thioether (sulfide) groups is 1. The summed E-state index contributed by atoms with van der Waals surface area (Å²) >= 11 is 0.484. The molecule has 0 aliphatic rings. The lowest BCUT2D eigenvalue weighted by atomic mass is 10.0.